The zero-order valence-corrected chi connectivity index (χ0v) is 17.9. The minimum atomic E-state index is -0.396. The Balaban J connectivity index is 1.60. The second-order valence-corrected chi connectivity index (χ2v) is 7.00. The van der Waals surface area contributed by atoms with Crippen molar-refractivity contribution in [2.24, 2.45) is 4.99 Å². The van der Waals surface area contributed by atoms with E-state index in [0.717, 1.165) is 16.9 Å². The van der Waals surface area contributed by atoms with Crippen molar-refractivity contribution in [3.63, 3.8) is 0 Å². The van der Waals surface area contributed by atoms with Crippen molar-refractivity contribution in [3.05, 3.63) is 77.6 Å². The minimum absolute atomic E-state index is 0.143. The molecule has 0 amide bonds. The maximum absolute atomic E-state index is 14.0. The number of aromatic nitrogens is 2. The van der Waals surface area contributed by atoms with E-state index in [1.54, 1.807) is 22.9 Å². The van der Waals surface area contributed by atoms with Gasteiger partial charge in [-0.3, -0.25) is 4.99 Å². The van der Waals surface area contributed by atoms with Gasteiger partial charge in [-0.1, -0.05) is 6.07 Å². The molecule has 0 aliphatic carbocycles. The third-order valence-electron chi connectivity index (χ3n) is 4.75. The van der Waals surface area contributed by atoms with Crippen LogP contribution in [0.3, 0.4) is 0 Å². The largest absolute Gasteiger partial charge is 0.494 e. The van der Waals surface area contributed by atoms with Crippen molar-refractivity contribution in [2.45, 2.75) is 26.3 Å². The molecular formula is C23H27F2N5O. The number of guanidine groups is 1. The van der Waals surface area contributed by atoms with E-state index in [4.69, 9.17) is 4.74 Å². The first-order valence-electron chi connectivity index (χ1n) is 10.2. The van der Waals surface area contributed by atoms with Gasteiger partial charge in [0, 0.05) is 25.7 Å². The van der Waals surface area contributed by atoms with E-state index >= 15 is 0 Å². The third kappa shape index (κ3) is 6.04. The normalized spacial score (nSPS) is 12.5. The molecule has 1 heterocycles. The summed E-state index contributed by atoms with van der Waals surface area (Å²) in [7, 11) is 1.44. The average molecular weight is 427 g/mol. The Morgan fingerprint density at radius 2 is 1.94 bits per heavy atom. The maximum Gasteiger partial charge on any atom is 0.191 e. The molecule has 0 fully saturated rings. The lowest BCUT2D eigenvalue weighted by molar-refractivity contribution is 0.386. The number of nitrogens with one attached hydrogen (secondary N) is 2. The molecule has 0 radical (unpaired) electrons. The molecule has 0 aliphatic rings. The second-order valence-electron chi connectivity index (χ2n) is 7.00. The lowest BCUT2D eigenvalue weighted by Crippen LogP contribution is -2.38. The minimum Gasteiger partial charge on any atom is -0.494 e. The molecule has 2 N–H and O–H groups in total. The summed E-state index contributed by atoms with van der Waals surface area (Å²) in [6.45, 7) is 5.16. The van der Waals surface area contributed by atoms with Crippen LogP contribution in [0, 0.1) is 11.6 Å². The fourth-order valence-electron chi connectivity index (χ4n) is 3.08. The van der Waals surface area contributed by atoms with Gasteiger partial charge < -0.3 is 15.4 Å². The number of aliphatic imine (C=N–C) groups is 1. The first kappa shape index (κ1) is 22.3. The van der Waals surface area contributed by atoms with Gasteiger partial charge in [-0.05, 0) is 61.9 Å². The van der Waals surface area contributed by atoms with Gasteiger partial charge in [0.1, 0.15) is 5.82 Å². The van der Waals surface area contributed by atoms with Crippen molar-refractivity contribution in [1.82, 2.24) is 20.4 Å². The van der Waals surface area contributed by atoms with Crippen LogP contribution in [0.1, 0.15) is 31.1 Å². The molecule has 0 spiro atoms. The Bertz CT molecular complexity index is 1020. The van der Waals surface area contributed by atoms with Gasteiger partial charge >= 0.3 is 0 Å². The Kier molecular flexibility index (Phi) is 7.59. The number of halogens is 2. The highest BCUT2D eigenvalue weighted by molar-refractivity contribution is 5.80. The number of hydrogen-bond donors (Lipinski definition) is 2. The number of methoxy groups -OCH3 is 1. The second kappa shape index (κ2) is 10.6. The van der Waals surface area contributed by atoms with Gasteiger partial charge in [-0.15, -0.1) is 0 Å². The number of rotatable bonds is 8. The molecule has 0 bridgehead atoms. The standard InChI is InChI=1S/C23H27F2N5O/c1-4-26-23(28-16(2)17-5-10-22(31-3)21(25)15-17)27-13-11-19-12-14-30(29-19)20-8-6-18(24)7-9-20/h5-10,12,14-16H,4,11,13H2,1-3H3,(H2,26,27,28). The lowest BCUT2D eigenvalue weighted by atomic mass is 10.1. The maximum atomic E-state index is 14.0. The van der Waals surface area contributed by atoms with Crippen molar-refractivity contribution >= 4 is 5.96 Å². The predicted molar refractivity (Wildman–Crippen MR) is 118 cm³/mol. The van der Waals surface area contributed by atoms with Gasteiger partial charge in [0.2, 0.25) is 0 Å². The lowest BCUT2D eigenvalue weighted by Gasteiger charge is -2.18. The predicted octanol–water partition coefficient (Wildman–Crippen LogP) is 4.02. The van der Waals surface area contributed by atoms with Crippen molar-refractivity contribution in [3.8, 4) is 11.4 Å². The number of hydrogen-bond acceptors (Lipinski definition) is 3. The molecule has 6 nitrogen and oxygen atoms in total. The Morgan fingerprint density at radius 1 is 1.16 bits per heavy atom. The quantitative estimate of drug-likeness (QED) is 0.421. The average Bonchev–Trinajstić information content (AvgIpc) is 3.23. The summed E-state index contributed by atoms with van der Waals surface area (Å²) < 4.78 is 33.8. The molecule has 3 aromatic rings. The summed E-state index contributed by atoms with van der Waals surface area (Å²) in [4.78, 5) is 4.60. The van der Waals surface area contributed by atoms with E-state index in [1.807, 2.05) is 32.2 Å². The van der Waals surface area contributed by atoms with E-state index in [1.165, 1.54) is 25.3 Å². The third-order valence-corrected chi connectivity index (χ3v) is 4.75. The molecule has 1 unspecified atom stereocenters. The van der Waals surface area contributed by atoms with Crippen LogP contribution in [0.5, 0.6) is 5.75 Å². The van der Waals surface area contributed by atoms with E-state index in [0.29, 0.717) is 25.5 Å². The number of ether oxygens (including phenoxy) is 1. The SMILES string of the molecule is CCNC(=NCCc1ccn(-c2ccc(F)cc2)n1)NC(C)c1ccc(OC)c(F)c1. The Hall–Kier alpha value is -3.42. The van der Waals surface area contributed by atoms with Crippen molar-refractivity contribution in [1.29, 1.82) is 0 Å². The zero-order chi connectivity index (χ0) is 22.2. The van der Waals surface area contributed by atoms with E-state index < -0.39 is 5.82 Å². The first-order chi connectivity index (χ1) is 15.0. The molecule has 2 aromatic carbocycles. The van der Waals surface area contributed by atoms with E-state index in [2.05, 4.69) is 20.7 Å². The smallest absolute Gasteiger partial charge is 0.191 e. The van der Waals surface area contributed by atoms with Crippen LogP contribution in [-0.2, 0) is 6.42 Å². The molecule has 3 rings (SSSR count). The summed E-state index contributed by atoms with van der Waals surface area (Å²) in [6.07, 6.45) is 2.49. The van der Waals surface area contributed by atoms with Crippen LogP contribution in [0.25, 0.3) is 5.69 Å². The molecule has 0 saturated heterocycles. The molecule has 0 saturated carbocycles. The summed E-state index contributed by atoms with van der Waals surface area (Å²) in [5.41, 5.74) is 2.47. The topological polar surface area (TPSA) is 63.5 Å². The molecule has 0 aliphatic heterocycles. The highest BCUT2D eigenvalue weighted by Crippen LogP contribution is 2.21. The van der Waals surface area contributed by atoms with E-state index in [9.17, 15) is 8.78 Å². The van der Waals surface area contributed by atoms with Crippen molar-refractivity contribution < 1.29 is 13.5 Å². The van der Waals surface area contributed by atoms with E-state index in [-0.39, 0.29) is 17.6 Å². The summed E-state index contributed by atoms with van der Waals surface area (Å²) in [5.74, 6) is 0.189. The first-order valence-corrected chi connectivity index (χ1v) is 10.2. The van der Waals surface area contributed by atoms with Crippen LogP contribution in [-0.4, -0.2) is 35.9 Å². The summed E-state index contributed by atoms with van der Waals surface area (Å²) in [5, 5.41) is 11.0. The summed E-state index contributed by atoms with van der Waals surface area (Å²) in [6, 6.07) is 12.9. The van der Waals surface area contributed by atoms with Crippen molar-refractivity contribution in [2.75, 3.05) is 20.2 Å². The van der Waals surface area contributed by atoms with Gasteiger partial charge in [0.05, 0.1) is 24.5 Å². The van der Waals surface area contributed by atoms with Gasteiger partial charge in [-0.2, -0.15) is 5.10 Å². The van der Waals surface area contributed by atoms with Crippen LogP contribution in [0.2, 0.25) is 0 Å². The molecular weight excluding hydrogens is 400 g/mol. The Morgan fingerprint density at radius 3 is 2.61 bits per heavy atom. The molecule has 1 aromatic heterocycles. The van der Waals surface area contributed by atoms with Gasteiger partial charge in [0.25, 0.3) is 0 Å². The number of benzene rings is 2. The Labute approximate surface area is 181 Å². The molecule has 31 heavy (non-hydrogen) atoms. The molecule has 1 atom stereocenters. The molecule has 8 heteroatoms. The zero-order valence-electron chi connectivity index (χ0n) is 17.9. The monoisotopic (exact) mass is 427 g/mol. The van der Waals surface area contributed by atoms with Gasteiger partial charge in [-0.25, -0.2) is 13.5 Å². The highest BCUT2D eigenvalue weighted by atomic mass is 19.1. The number of nitrogens with zero attached hydrogens (tertiary/aromatic N) is 3. The summed E-state index contributed by atoms with van der Waals surface area (Å²) >= 11 is 0. The van der Waals surface area contributed by atoms with Gasteiger partial charge in [0.15, 0.2) is 17.5 Å². The highest BCUT2D eigenvalue weighted by Gasteiger charge is 2.11. The van der Waals surface area contributed by atoms with Crippen LogP contribution >= 0.6 is 0 Å². The fraction of sp³-hybridized carbons (Fsp3) is 0.304. The van der Waals surface area contributed by atoms with Crippen LogP contribution in [0.15, 0.2) is 59.7 Å². The fourth-order valence-corrected chi connectivity index (χ4v) is 3.08. The molecule has 164 valence electrons. The van der Waals surface area contributed by atoms with Crippen LogP contribution in [0.4, 0.5) is 8.78 Å². The van der Waals surface area contributed by atoms with Crippen LogP contribution < -0.4 is 15.4 Å².